The Hall–Kier alpha value is -1.91. The van der Waals surface area contributed by atoms with Gasteiger partial charge in [0.2, 0.25) is 0 Å². The maximum atomic E-state index is 11.0. The van der Waals surface area contributed by atoms with Crippen LogP contribution in [0.1, 0.15) is 31.4 Å². The molecular formula is C19H22N2O2. The first-order valence-electron chi connectivity index (χ1n) is 8.32. The summed E-state index contributed by atoms with van der Waals surface area (Å²) in [7, 11) is 0. The van der Waals surface area contributed by atoms with Gasteiger partial charge in [0.05, 0.1) is 11.6 Å². The van der Waals surface area contributed by atoms with Crippen molar-refractivity contribution >= 4 is 10.9 Å². The van der Waals surface area contributed by atoms with Crippen molar-refractivity contribution < 1.29 is 10.2 Å². The standard InChI is InChI=1S/C19H22N2O2/c1-2-12-11-21-8-6-13(12)9-18(21)19(23)15-5-7-20-17-4-3-14(22)10-16(15)17/h2-5,7,10,13,18-19,22-23H,6,8-9,11H2,1H3/b12-2+. The van der Waals surface area contributed by atoms with Crippen LogP contribution in [0.2, 0.25) is 0 Å². The summed E-state index contributed by atoms with van der Waals surface area (Å²) in [4.78, 5) is 6.74. The molecule has 2 bridgehead atoms. The molecule has 3 aliphatic heterocycles. The highest BCUT2D eigenvalue weighted by Gasteiger charge is 2.40. The number of fused-ring (bicyclic) bond motifs is 4. The number of aromatic hydroxyl groups is 1. The van der Waals surface area contributed by atoms with Crippen LogP contribution in [0.25, 0.3) is 10.9 Å². The molecule has 3 aliphatic rings. The molecule has 120 valence electrons. The Balaban J connectivity index is 1.70. The molecule has 0 saturated carbocycles. The smallest absolute Gasteiger partial charge is 0.116 e. The summed E-state index contributed by atoms with van der Waals surface area (Å²) in [5.74, 6) is 0.812. The minimum Gasteiger partial charge on any atom is -0.508 e. The van der Waals surface area contributed by atoms with Gasteiger partial charge in [0.1, 0.15) is 5.75 Å². The van der Waals surface area contributed by atoms with Crippen molar-refractivity contribution in [2.75, 3.05) is 13.1 Å². The number of hydrogen-bond acceptors (Lipinski definition) is 4. The molecule has 4 heteroatoms. The molecule has 4 nitrogen and oxygen atoms in total. The maximum absolute atomic E-state index is 11.0. The van der Waals surface area contributed by atoms with Crippen LogP contribution >= 0.6 is 0 Å². The summed E-state index contributed by atoms with van der Waals surface area (Å²) in [6.45, 7) is 4.14. The predicted octanol–water partition coefficient (Wildman–Crippen LogP) is 3.01. The molecule has 23 heavy (non-hydrogen) atoms. The number of pyridine rings is 1. The maximum Gasteiger partial charge on any atom is 0.116 e. The Morgan fingerprint density at radius 2 is 2.22 bits per heavy atom. The van der Waals surface area contributed by atoms with E-state index in [1.54, 1.807) is 24.4 Å². The number of rotatable bonds is 2. The fourth-order valence-corrected chi connectivity index (χ4v) is 4.22. The van der Waals surface area contributed by atoms with Crippen molar-refractivity contribution in [1.29, 1.82) is 0 Å². The van der Waals surface area contributed by atoms with E-state index in [9.17, 15) is 10.2 Å². The normalized spacial score (nSPS) is 30.0. The number of benzene rings is 1. The predicted molar refractivity (Wildman–Crippen MR) is 90.2 cm³/mol. The molecule has 0 radical (unpaired) electrons. The highest BCUT2D eigenvalue weighted by atomic mass is 16.3. The zero-order chi connectivity index (χ0) is 16.0. The Kier molecular flexibility index (Phi) is 3.58. The summed E-state index contributed by atoms with van der Waals surface area (Å²) < 4.78 is 0. The molecule has 0 spiro atoms. The third-order valence-corrected chi connectivity index (χ3v) is 5.48. The lowest BCUT2D eigenvalue weighted by atomic mass is 9.76. The molecule has 0 aliphatic carbocycles. The molecule has 4 unspecified atom stereocenters. The third kappa shape index (κ3) is 2.42. The molecule has 4 heterocycles. The summed E-state index contributed by atoms with van der Waals surface area (Å²) in [6, 6.07) is 7.16. The van der Waals surface area contributed by atoms with Gasteiger partial charge in [0.25, 0.3) is 0 Å². The first-order chi connectivity index (χ1) is 11.2. The van der Waals surface area contributed by atoms with Gasteiger partial charge in [-0.25, -0.2) is 0 Å². The summed E-state index contributed by atoms with van der Waals surface area (Å²) in [5, 5.41) is 21.7. The van der Waals surface area contributed by atoms with E-state index in [0.29, 0.717) is 5.92 Å². The Bertz CT molecular complexity index is 771. The topological polar surface area (TPSA) is 56.6 Å². The number of aromatic nitrogens is 1. The molecular weight excluding hydrogens is 288 g/mol. The number of phenols is 1. The SMILES string of the molecule is C/C=C1\CN2CCC1CC2C(O)c1ccnc2ccc(O)cc12. The number of nitrogens with zero attached hydrogens (tertiary/aromatic N) is 2. The number of aliphatic hydroxyl groups is 1. The van der Waals surface area contributed by atoms with E-state index >= 15 is 0 Å². The first kappa shape index (κ1) is 14.7. The molecule has 2 aromatic rings. The van der Waals surface area contributed by atoms with Crippen molar-refractivity contribution in [1.82, 2.24) is 9.88 Å². The number of phenolic OH excluding ortho intramolecular Hbond substituents is 1. The van der Waals surface area contributed by atoms with E-state index in [2.05, 4.69) is 22.9 Å². The van der Waals surface area contributed by atoms with E-state index in [0.717, 1.165) is 36.0 Å². The van der Waals surface area contributed by atoms with E-state index in [1.807, 2.05) is 6.07 Å². The Morgan fingerprint density at radius 3 is 2.96 bits per heavy atom. The second kappa shape index (κ2) is 5.62. The number of hydrogen-bond donors (Lipinski definition) is 2. The lowest BCUT2D eigenvalue weighted by Crippen LogP contribution is -2.52. The molecule has 1 aromatic heterocycles. The largest absolute Gasteiger partial charge is 0.508 e. The number of piperidine rings is 3. The van der Waals surface area contributed by atoms with Crippen molar-refractivity contribution in [2.24, 2.45) is 5.92 Å². The third-order valence-electron chi connectivity index (χ3n) is 5.48. The van der Waals surface area contributed by atoms with Gasteiger partial charge in [0, 0.05) is 24.2 Å². The van der Waals surface area contributed by atoms with Gasteiger partial charge in [-0.3, -0.25) is 9.88 Å². The zero-order valence-corrected chi connectivity index (χ0v) is 13.3. The lowest BCUT2D eigenvalue weighted by Gasteiger charge is -2.48. The molecule has 3 fully saturated rings. The monoisotopic (exact) mass is 310 g/mol. The van der Waals surface area contributed by atoms with E-state index in [1.165, 1.54) is 12.0 Å². The zero-order valence-electron chi connectivity index (χ0n) is 13.3. The van der Waals surface area contributed by atoms with Gasteiger partial charge < -0.3 is 10.2 Å². The molecule has 0 amide bonds. The van der Waals surface area contributed by atoms with Gasteiger partial charge in [-0.1, -0.05) is 11.6 Å². The van der Waals surface area contributed by atoms with Gasteiger partial charge in [-0.2, -0.15) is 0 Å². The van der Waals surface area contributed by atoms with Gasteiger partial charge in [-0.15, -0.1) is 0 Å². The van der Waals surface area contributed by atoms with Crippen LogP contribution in [0.3, 0.4) is 0 Å². The average Bonchev–Trinajstić information content (AvgIpc) is 2.60. The highest BCUT2D eigenvalue weighted by Crippen LogP contribution is 2.41. The number of aliphatic hydroxyl groups excluding tert-OH is 1. The Morgan fingerprint density at radius 1 is 1.35 bits per heavy atom. The molecule has 5 rings (SSSR count). The van der Waals surface area contributed by atoms with E-state index < -0.39 is 6.10 Å². The van der Waals surface area contributed by atoms with Crippen LogP contribution in [-0.2, 0) is 0 Å². The molecule has 2 N–H and O–H groups in total. The van der Waals surface area contributed by atoms with E-state index in [4.69, 9.17) is 0 Å². The van der Waals surface area contributed by atoms with Crippen molar-refractivity contribution in [3.63, 3.8) is 0 Å². The van der Waals surface area contributed by atoms with Crippen molar-refractivity contribution in [3.05, 3.63) is 47.7 Å². The van der Waals surface area contributed by atoms with Gasteiger partial charge in [-0.05, 0) is 62.1 Å². The van der Waals surface area contributed by atoms with Gasteiger partial charge >= 0.3 is 0 Å². The van der Waals surface area contributed by atoms with Crippen LogP contribution in [-0.4, -0.2) is 39.2 Å². The summed E-state index contributed by atoms with van der Waals surface area (Å²) in [6.07, 6.45) is 5.62. The molecule has 4 atom stereocenters. The molecule has 1 aromatic carbocycles. The fraction of sp³-hybridized carbons (Fsp3) is 0.421. The first-order valence-corrected chi connectivity index (χ1v) is 8.32. The fourth-order valence-electron chi connectivity index (χ4n) is 4.22. The second-order valence-electron chi connectivity index (χ2n) is 6.67. The average molecular weight is 310 g/mol. The van der Waals surface area contributed by atoms with Crippen molar-refractivity contribution in [3.8, 4) is 5.75 Å². The van der Waals surface area contributed by atoms with Crippen LogP contribution in [0.4, 0.5) is 0 Å². The van der Waals surface area contributed by atoms with Gasteiger partial charge in [0.15, 0.2) is 0 Å². The van der Waals surface area contributed by atoms with E-state index in [-0.39, 0.29) is 11.8 Å². The summed E-state index contributed by atoms with van der Waals surface area (Å²) in [5.41, 5.74) is 3.19. The Labute approximate surface area is 136 Å². The van der Waals surface area contributed by atoms with Crippen LogP contribution in [0, 0.1) is 5.92 Å². The van der Waals surface area contributed by atoms with Crippen LogP contribution in [0.5, 0.6) is 5.75 Å². The highest BCUT2D eigenvalue weighted by molar-refractivity contribution is 5.83. The van der Waals surface area contributed by atoms with Crippen LogP contribution in [0.15, 0.2) is 42.1 Å². The minimum atomic E-state index is -0.552. The second-order valence-corrected chi connectivity index (χ2v) is 6.67. The molecule has 3 saturated heterocycles. The lowest BCUT2D eigenvalue weighted by molar-refractivity contribution is -0.00340. The summed E-state index contributed by atoms with van der Waals surface area (Å²) >= 11 is 0. The quantitative estimate of drug-likeness (QED) is 0.837. The van der Waals surface area contributed by atoms with Crippen LogP contribution < -0.4 is 0 Å². The number of allylic oxidation sites excluding steroid dienone is 1. The minimum absolute atomic E-state index is 0.144. The van der Waals surface area contributed by atoms with Crippen molar-refractivity contribution in [2.45, 2.75) is 31.9 Å².